The van der Waals surface area contributed by atoms with Crippen molar-refractivity contribution in [2.45, 2.75) is 44.9 Å². The number of pyridine rings is 1. The third-order valence-corrected chi connectivity index (χ3v) is 12.4. The molecule has 4 fully saturated rings. The molecule has 0 saturated carbocycles. The largest absolute Gasteiger partial charge is 0.453 e. The van der Waals surface area contributed by atoms with E-state index in [1.807, 2.05) is 42.1 Å². The molecular weight excluding hydrogens is 746 g/mol. The zero-order chi connectivity index (χ0) is 39.4. The van der Waals surface area contributed by atoms with Crippen LogP contribution in [0, 0.1) is 24.7 Å². The van der Waals surface area contributed by atoms with E-state index in [0.29, 0.717) is 83.3 Å². The molecule has 14 nitrogen and oxygen atoms in total. The van der Waals surface area contributed by atoms with Crippen LogP contribution in [0.1, 0.15) is 59.6 Å². The number of fused-ring (bicyclic) bond motifs is 2. The minimum atomic E-state index is -0.283. The third kappa shape index (κ3) is 7.34. The van der Waals surface area contributed by atoms with E-state index in [-0.39, 0.29) is 35.5 Å². The summed E-state index contributed by atoms with van der Waals surface area (Å²) in [6, 6.07) is 15.2. The number of likely N-dealkylation sites (tertiary alicyclic amines) is 2. The molecule has 15 heteroatoms. The minimum Gasteiger partial charge on any atom is -0.453 e. The maximum atomic E-state index is 13.5. The highest BCUT2D eigenvalue weighted by molar-refractivity contribution is 6.32. The van der Waals surface area contributed by atoms with E-state index < -0.39 is 0 Å². The molecule has 4 aliphatic rings. The number of nitrogens with one attached hydrogen (secondary N) is 2. The number of ether oxygens (including phenoxy) is 1. The van der Waals surface area contributed by atoms with E-state index in [4.69, 9.17) is 16.3 Å². The summed E-state index contributed by atoms with van der Waals surface area (Å²) in [5.41, 5.74) is 5.35. The molecule has 4 amide bonds. The smallest absolute Gasteiger partial charge is 0.253 e. The van der Waals surface area contributed by atoms with Gasteiger partial charge in [-0.3, -0.25) is 29.2 Å². The Labute approximate surface area is 334 Å². The average molecular weight is 790 g/mol. The molecule has 2 aromatic carbocycles. The van der Waals surface area contributed by atoms with Crippen LogP contribution in [0.3, 0.4) is 0 Å². The number of aromatic amines is 1. The van der Waals surface area contributed by atoms with Crippen LogP contribution in [0.5, 0.6) is 11.5 Å². The Kier molecular flexibility index (Phi) is 9.67. The van der Waals surface area contributed by atoms with Crippen molar-refractivity contribution in [1.82, 2.24) is 39.8 Å². The lowest BCUT2D eigenvalue weighted by atomic mass is 9.90. The molecule has 57 heavy (non-hydrogen) atoms. The minimum absolute atomic E-state index is 0.0349. The summed E-state index contributed by atoms with van der Waals surface area (Å²) < 4.78 is 7.94. The van der Waals surface area contributed by atoms with Gasteiger partial charge < -0.3 is 24.4 Å². The maximum absolute atomic E-state index is 13.5. The lowest BCUT2D eigenvalue weighted by molar-refractivity contribution is -0.134. The van der Waals surface area contributed by atoms with Crippen molar-refractivity contribution >= 4 is 52.1 Å². The van der Waals surface area contributed by atoms with Crippen LogP contribution in [0.25, 0.3) is 22.6 Å². The highest BCUT2D eigenvalue weighted by Crippen LogP contribution is 2.38. The first-order valence-corrected chi connectivity index (χ1v) is 20.0. The Hall–Kier alpha value is -5.76. The molecule has 4 saturated heterocycles. The van der Waals surface area contributed by atoms with Gasteiger partial charge in [-0.15, -0.1) is 0 Å². The highest BCUT2D eigenvalue weighted by Gasteiger charge is 2.42. The first kappa shape index (κ1) is 36.9. The summed E-state index contributed by atoms with van der Waals surface area (Å²) >= 11 is 6.53. The van der Waals surface area contributed by atoms with Crippen molar-refractivity contribution in [2.24, 2.45) is 24.8 Å². The number of rotatable bonds is 9. The van der Waals surface area contributed by atoms with Crippen molar-refractivity contribution < 1.29 is 23.9 Å². The lowest BCUT2D eigenvalue weighted by Gasteiger charge is -2.25. The van der Waals surface area contributed by atoms with E-state index in [1.54, 1.807) is 28.9 Å². The number of H-pyrrole nitrogens is 1. The molecule has 5 aromatic rings. The molecule has 3 aromatic heterocycles. The van der Waals surface area contributed by atoms with Crippen LogP contribution in [-0.4, -0.2) is 97.4 Å². The normalized spacial score (nSPS) is 22.1. The summed E-state index contributed by atoms with van der Waals surface area (Å²) in [6.07, 6.45) is 6.45. The number of halogens is 1. The first-order chi connectivity index (χ1) is 27.6. The zero-order valence-electron chi connectivity index (χ0n) is 31.9. The van der Waals surface area contributed by atoms with Crippen molar-refractivity contribution in [1.29, 1.82) is 0 Å². The number of aromatic nitrogens is 5. The van der Waals surface area contributed by atoms with Gasteiger partial charge in [0.2, 0.25) is 17.7 Å². The van der Waals surface area contributed by atoms with Crippen LogP contribution < -0.4 is 15.0 Å². The Morgan fingerprint density at radius 1 is 0.947 bits per heavy atom. The number of aryl methyl sites for hydroxylation is 2. The Bertz CT molecular complexity index is 2360. The van der Waals surface area contributed by atoms with Crippen molar-refractivity contribution in [2.75, 3.05) is 44.2 Å². The van der Waals surface area contributed by atoms with Gasteiger partial charge in [0.15, 0.2) is 11.4 Å². The van der Waals surface area contributed by atoms with E-state index in [9.17, 15) is 19.2 Å². The Balaban J connectivity index is 0.740. The Morgan fingerprint density at radius 2 is 1.70 bits per heavy atom. The number of imide groups is 1. The highest BCUT2D eigenvalue weighted by atomic mass is 35.5. The number of benzene rings is 2. The predicted octanol–water partition coefficient (Wildman–Crippen LogP) is 5.47. The summed E-state index contributed by atoms with van der Waals surface area (Å²) in [4.78, 5) is 69.2. The molecule has 3 unspecified atom stereocenters. The molecule has 9 rings (SSSR count). The number of hydrogen-bond donors (Lipinski definition) is 2. The van der Waals surface area contributed by atoms with E-state index in [0.717, 1.165) is 61.5 Å². The van der Waals surface area contributed by atoms with Gasteiger partial charge in [-0.25, -0.2) is 9.97 Å². The summed E-state index contributed by atoms with van der Waals surface area (Å²) in [5, 5.41) is 7.17. The van der Waals surface area contributed by atoms with Crippen molar-refractivity contribution in [3.8, 4) is 22.9 Å². The van der Waals surface area contributed by atoms with Crippen LogP contribution in [0.4, 0.5) is 5.69 Å². The molecule has 294 valence electrons. The number of carbonyl (C=O) groups excluding carboxylic acids is 4. The standard InChI is InChI=1S/C42H44ClN9O5/c1-24-33(23-49(2)48-24)39-46-37-38(34(43)17-44-40(37)47-39)57-31-10-6-27(7-11-31)42(56)50-16-15-25(18-50)3-14-36(54)52-21-28-19-51(20-29(28)22-52)30-8-4-26(5-9-30)32-12-13-35(53)45-41(32)55/h4-11,17,23,25,28-29,32H,3,12-16,18-22H2,1-2H3,(H,44,46,47)(H,45,53,55)/t25?,28?,29?,32-/m0/s1. The van der Waals surface area contributed by atoms with Gasteiger partial charge >= 0.3 is 0 Å². The summed E-state index contributed by atoms with van der Waals surface area (Å²) in [7, 11) is 1.85. The average Bonchev–Trinajstić information content (AvgIpc) is 4.04. The van der Waals surface area contributed by atoms with Crippen LogP contribution in [0.15, 0.2) is 60.9 Å². The van der Waals surface area contributed by atoms with Gasteiger partial charge in [0, 0.05) is 88.4 Å². The van der Waals surface area contributed by atoms with E-state index in [1.165, 1.54) is 6.20 Å². The fraction of sp³-hybridized carbons (Fsp3) is 0.405. The first-order valence-electron chi connectivity index (χ1n) is 19.6. The number of hydrogen-bond acceptors (Lipinski definition) is 9. The van der Waals surface area contributed by atoms with Gasteiger partial charge in [0.25, 0.3) is 5.91 Å². The topological polar surface area (TPSA) is 159 Å². The van der Waals surface area contributed by atoms with Gasteiger partial charge in [-0.05, 0) is 74.1 Å². The quantitative estimate of drug-likeness (QED) is 0.185. The zero-order valence-corrected chi connectivity index (χ0v) is 32.7. The fourth-order valence-corrected chi connectivity index (χ4v) is 9.19. The number of amides is 4. The van der Waals surface area contributed by atoms with Crippen molar-refractivity contribution in [3.63, 3.8) is 0 Å². The molecular formula is C42H44ClN9O5. The van der Waals surface area contributed by atoms with Crippen LogP contribution in [-0.2, 0) is 21.4 Å². The molecule has 0 radical (unpaired) electrons. The van der Waals surface area contributed by atoms with Gasteiger partial charge in [-0.2, -0.15) is 5.10 Å². The number of nitrogens with zero attached hydrogens (tertiary/aromatic N) is 7. The fourth-order valence-electron chi connectivity index (χ4n) is 9.01. The summed E-state index contributed by atoms with van der Waals surface area (Å²) in [5.74, 6) is 2.15. The number of piperidine rings is 1. The van der Waals surface area contributed by atoms with Gasteiger partial charge in [0.1, 0.15) is 22.1 Å². The van der Waals surface area contributed by atoms with E-state index in [2.05, 4.69) is 42.4 Å². The molecule has 0 aliphatic carbocycles. The van der Waals surface area contributed by atoms with E-state index >= 15 is 0 Å². The Morgan fingerprint density at radius 3 is 2.40 bits per heavy atom. The SMILES string of the molecule is Cc1nn(C)cc1-c1nc2ncc(Cl)c(Oc3ccc(C(=O)N4CCC(CCC(=O)N5CC6CN(c7ccc([C@@H]8CCC(=O)NC8=O)cc7)CC6C5)C4)cc3)c2[nH]1. The lowest BCUT2D eigenvalue weighted by Crippen LogP contribution is -2.39. The molecule has 4 atom stereocenters. The molecule has 2 N–H and O–H groups in total. The molecule has 0 spiro atoms. The summed E-state index contributed by atoms with van der Waals surface area (Å²) in [6.45, 7) is 6.56. The third-order valence-electron chi connectivity index (χ3n) is 12.1. The second-order valence-corrected chi connectivity index (χ2v) is 16.3. The van der Waals surface area contributed by atoms with Crippen molar-refractivity contribution in [3.05, 3.63) is 82.8 Å². The molecule has 7 heterocycles. The van der Waals surface area contributed by atoms with Crippen LogP contribution >= 0.6 is 11.6 Å². The van der Waals surface area contributed by atoms with Gasteiger partial charge in [0.05, 0.1) is 23.4 Å². The predicted molar refractivity (Wildman–Crippen MR) is 213 cm³/mol. The molecule has 0 bridgehead atoms. The van der Waals surface area contributed by atoms with Gasteiger partial charge in [-0.1, -0.05) is 23.7 Å². The number of imidazole rings is 1. The maximum Gasteiger partial charge on any atom is 0.253 e. The molecule has 4 aliphatic heterocycles. The second kappa shape index (κ2) is 15.0. The van der Waals surface area contributed by atoms with Crippen LogP contribution in [0.2, 0.25) is 5.02 Å². The monoisotopic (exact) mass is 789 g/mol. The number of anilines is 1. The number of carbonyl (C=O) groups is 4. The second-order valence-electron chi connectivity index (χ2n) is 15.9.